The van der Waals surface area contributed by atoms with E-state index < -0.39 is 28.5 Å². The van der Waals surface area contributed by atoms with Crippen molar-refractivity contribution in [3.63, 3.8) is 0 Å². The Bertz CT molecular complexity index is 1190. The van der Waals surface area contributed by atoms with Crippen LogP contribution >= 0.6 is 46.4 Å². The molecule has 2 amide bonds. The Hall–Kier alpha value is -1.71. The molecule has 35 heavy (non-hydrogen) atoms. The van der Waals surface area contributed by atoms with Crippen LogP contribution < -0.4 is 9.62 Å². The molecule has 0 radical (unpaired) electrons. The Morgan fingerprint density at radius 3 is 2.11 bits per heavy atom. The molecule has 0 fully saturated rings. The topological polar surface area (TPSA) is 86.8 Å². The Morgan fingerprint density at radius 1 is 0.971 bits per heavy atom. The first-order valence-corrected chi connectivity index (χ1v) is 14.1. The molecule has 2 aromatic rings. The van der Waals surface area contributed by atoms with Crippen LogP contribution in [0.25, 0.3) is 0 Å². The summed E-state index contributed by atoms with van der Waals surface area (Å²) in [7, 11) is -3.95. The second kappa shape index (κ2) is 12.5. The van der Waals surface area contributed by atoms with Gasteiger partial charge < -0.3 is 10.2 Å². The third-order valence-corrected chi connectivity index (χ3v) is 7.30. The molecule has 192 valence electrons. The van der Waals surface area contributed by atoms with Crippen LogP contribution in [0, 0.1) is 0 Å². The largest absolute Gasteiger partial charge is 0.352 e. The maximum absolute atomic E-state index is 13.6. The third kappa shape index (κ3) is 8.15. The van der Waals surface area contributed by atoms with E-state index in [1.165, 1.54) is 29.2 Å². The molecule has 2 aromatic carbocycles. The van der Waals surface area contributed by atoms with Crippen LogP contribution in [0.5, 0.6) is 0 Å². The molecule has 1 atom stereocenters. The molecule has 0 saturated heterocycles. The summed E-state index contributed by atoms with van der Waals surface area (Å²) < 4.78 is 26.2. The highest BCUT2D eigenvalue weighted by atomic mass is 35.5. The molecule has 0 aliphatic heterocycles. The number of sulfonamides is 1. The van der Waals surface area contributed by atoms with Crippen molar-refractivity contribution in [2.75, 3.05) is 17.1 Å². The lowest BCUT2D eigenvalue weighted by Gasteiger charge is -2.33. The van der Waals surface area contributed by atoms with Crippen molar-refractivity contribution in [1.29, 1.82) is 0 Å². The van der Waals surface area contributed by atoms with Crippen molar-refractivity contribution in [2.24, 2.45) is 0 Å². The van der Waals surface area contributed by atoms with Crippen LogP contribution in [0.4, 0.5) is 5.69 Å². The van der Waals surface area contributed by atoms with E-state index in [2.05, 4.69) is 5.32 Å². The summed E-state index contributed by atoms with van der Waals surface area (Å²) >= 11 is 24.6. The minimum absolute atomic E-state index is 0.0419. The lowest BCUT2D eigenvalue weighted by atomic mass is 10.1. The van der Waals surface area contributed by atoms with Crippen LogP contribution in [-0.4, -0.2) is 50.0 Å². The molecule has 0 aliphatic rings. The zero-order chi connectivity index (χ0) is 26.5. The summed E-state index contributed by atoms with van der Waals surface area (Å²) in [6, 6.07) is 8.08. The Kier molecular flexibility index (Phi) is 10.5. The maximum atomic E-state index is 13.6. The standard InChI is InChI=1S/C23H27Cl4N3O4S/c1-5-20(23(32)28-14(2)3)29(12-15-6-7-16(24)10-19(15)27)22(31)13-30(35(4,33)34)21-11-17(25)8-9-18(21)26/h6-11,14,20H,5,12-13H2,1-4H3,(H,28,32)/t20-/m1/s1. The summed E-state index contributed by atoms with van der Waals surface area (Å²) in [5.41, 5.74) is 0.603. The highest BCUT2D eigenvalue weighted by Gasteiger charge is 2.33. The first-order chi connectivity index (χ1) is 16.2. The minimum atomic E-state index is -3.95. The number of hydrogen-bond donors (Lipinski definition) is 1. The quantitative estimate of drug-likeness (QED) is 0.406. The second-order valence-electron chi connectivity index (χ2n) is 8.21. The van der Waals surface area contributed by atoms with Gasteiger partial charge in [0.1, 0.15) is 12.6 Å². The normalized spacial score (nSPS) is 12.4. The van der Waals surface area contributed by atoms with Crippen molar-refractivity contribution in [3.05, 3.63) is 62.1 Å². The molecule has 0 bridgehead atoms. The molecule has 0 saturated carbocycles. The molecule has 7 nitrogen and oxygen atoms in total. The van der Waals surface area contributed by atoms with Crippen molar-refractivity contribution in [3.8, 4) is 0 Å². The minimum Gasteiger partial charge on any atom is -0.352 e. The molecule has 0 aromatic heterocycles. The molecule has 1 N–H and O–H groups in total. The first-order valence-electron chi connectivity index (χ1n) is 10.7. The van der Waals surface area contributed by atoms with Gasteiger partial charge in [-0.2, -0.15) is 0 Å². The van der Waals surface area contributed by atoms with Gasteiger partial charge in [-0.3, -0.25) is 13.9 Å². The predicted octanol–water partition coefficient (Wildman–Crippen LogP) is 5.40. The summed E-state index contributed by atoms with van der Waals surface area (Å²) in [6.45, 7) is 4.73. The fourth-order valence-corrected chi connectivity index (χ4v) is 5.16. The van der Waals surface area contributed by atoms with Crippen LogP contribution in [0.1, 0.15) is 32.8 Å². The average Bonchev–Trinajstić information content (AvgIpc) is 2.73. The van der Waals surface area contributed by atoms with E-state index in [1.807, 2.05) is 0 Å². The van der Waals surface area contributed by atoms with E-state index in [-0.39, 0.29) is 40.6 Å². The number of benzene rings is 2. The maximum Gasteiger partial charge on any atom is 0.244 e. The Balaban J connectivity index is 2.52. The molecule has 2 rings (SSSR count). The number of halogens is 4. The number of anilines is 1. The van der Waals surface area contributed by atoms with Gasteiger partial charge in [0, 0.05) is 27.7 Å². The average molecular weight is 583 g/mol. The van der Waals surface area contributed by atoms with Gasteiger partial charge in [-0.05, 0) is 56.2 Å². The number of hydrogen-bond acceptors (Lipinski definition) is 4. The molecule has 0 heterocycles. The molecule has 0 unspecified atom stereocenters. The zero-order valence-electron chi connectivity index (χ0n) is 19.7. The molecule has 0 spiro atoms. The zero-order valence-corrected chi connectivity index (χ0v) is 23.5. The van der Waals surface area contributed by atoms with E-state index in [4.69, 9.17) is 46.4 Å². The van der Waals surface area contributed by atoms with E-state index in [0.717, 1.165) is 10.6 Å². The van der Waals surface area contributed by atoms with E-state index in [1.54, 1.807) is 32.9 Å². The van der Waals surface area contributed by atoms with Crippen molar-refractivity contribution in [1.82, 2.24) is 10.2 Å². The summed E-state index contributed by atoms with van der Waals surface area (Å²) in [4.78, 5) is 27.9. The van der Waals surface area contributed by atoms with Crippen molar-refractivity contribution < 1.29 is 18.0 Å². The lowest BCUT2D eigenvalue weighted by molar-refractivity contribution is -0.140. The Morgan fingerprint density at radius 2 is 1.57 bits per heavy atom. The fourth-order valence-electron chi connectivity index (χ4n) is 3.41. The monoisotopic (exact) mass is 581 g/mol. The van der Waals surface area contributed by atoms with Gasteiger partial charge in [0.2, 0.25) is 21.8 Å². The fraction of sp³-hybridized carbons (Fsp3) is 0.391. The highest BCUT2D eigenvalue weighted by Crippen LogP contribution is 2.31. The van der Waals surface area contributed by atoms with Crippen LogP contribution in [0.3, 0.4) is 0 Å². The number of carbonyl (C=O) groups is 2. The number of amides is 2. The van der Waals surface area contributed by atoms with Crippen LogP contribution in [0.15, 0.2) is 36.4 Å². The molecular weight excluding hydrogens is 556 g/mol. The van der Waals surface area contributed by atoms with E-state index in [9.17, 15) is 18.0 Å². The third-order valence-electron chi connectivity index (χ3n) is 5.03. The highest BCUT2D eigenvalue weighted by molar-refractivity contribution is 7.92. The SMILES string of the molecule is CC[C@H](C(=O)NC(C)C)N(Cc1ccc(Cl)cc1Cl)C(=O)CN(c1cc(Cl)ccc1Cl)S(C)(=O)=O. The summed E-state index contributed by atoms with van der Waals surface area (Å²) in [6.07, 6.45) is 1.24. The Labute approximate surface area is 226 Å². The smallest absolute Gasteiger partial charge is 0.244 e. The number of nitrogens with one attached hydrogen (secondary N) is 1. The van der Waals surface area contributed by atoms with Gasteiger partial charge in [-0.15, -0.1) is 0 Å². The van der Waals surface area contributed by atoms with Crippen molar-refractivity contribution in [2.45, 2.75) is 45.8 Å². The van der Waals surface area contributed by atoms with E-state index >= 15 is 0 Å². The summed E-state index contributed by atoms with van der Waals surface area (Å²) in [5, 5.41) is 3.89. The van der Waals surface area contributed by atoms with Crippen LogP contribution in [0.2, 0.25) is 20.1 Å². The van der Waals surface area contributed by atoms with Gasteiger partial charge in [0.05, 0.1) is 17.0 Å². The summed E-state index contributed by atoms with van der Waals surface area (Å²) in [5.74, 6) is -0.990. The van der Waals surface area contributed by atoms with Gasteiger partial charge >= 0.3 is 0 Å². The first kappa shape index (κ1) is 29.5. The van der Waals surface area contributed by atoms with Gasteiger partial charge in [-0.1, -0.05) is 59.4 Å². The molecule has 12 heteroatoms. The number of rotatable bonds is 10. The molecule has 0 aliphatic carbocycles. The van der Waals surface area contributed by atoms with Gasteiger partial charge in [-0.25, -0.2) is 8.42 Å². The van der Waals surface area contributed by atoms with Crippen molar-refractivity contribution >= 4 is 73.9 Å². The second-order valence-corrected chi connectivity index (χ2v) is 11.8. The van der Waals surface area contributed by atoms with Gasteiger partial charge in [0.15, 0.2) is 0 Å². The number of nitrogens with zero attached hydrogens (tertiary/aromatic N) is 2. The predicted molar refractivity (Wildman–Crippen MR) is 143 cm³/mol. The van der Waals surface area contributed by atoms with Crippen LogP contribution in [-0.2, 0) is 26.2 Å². The van der Waals surface area contributed by atoms with Gasteiger partial charge in [0.25, 0.3) is 0 Å². The lowest BCUT2D eigenvalue weighted by Crippen LogP contribution is -2.53. The number of carbonyl (C=O) groups excluding carboxylic acids is 2. The van der Waals surface area contributed by atoms with E-state index in [0.29, 0.717) is 15.6 Å². The molecular formula is C23H27Cl4N3O4S.